The quantitative estimate of drug-likeness (QED) is 0.710. The van der Waals surface area contributed by atoms with Crippen molar-refractivity contribution in [2.75, 3.05) is 18.5 Å². The van der Waals surface area contributed by atoms with E-state index in [1.165, 1.54) is 0 Å². The highest BCUT2D eigenvalue weighted by molar-refractivity contribution is 9.10. The van der Waals surface area contributed by atoms with Gasteiger partial charge in [0.2, 0.25) is 0 Å². The standard InChI is InChI=1S/C20H22BrNO4/c1-12-5-6-17(16(21)9-12)25-11-19(24)26-10-18(23)22-20-14(3)7-13(2)8-15(20)4/h5-9H,10-11H2,1-4H3,(H,22,23). The van der Waals surface area contributed by atoms with Crippen molar-refractivity contribution in [1.82, 2.24) is 0 Å². The Hall–Kier alpha value is -2.34. The van der Waals surface area contributed by atoms with E-state index in [1.807, 2.05) is 52.0 Å². The number of carbonyl (C=O) groups excluding carboxylic acids is 2. The normalized spacial score (nSPS) is 10.3. The summed E-state index contributed by atoms with van der Waals surface area (Å²) in [5.74, 6) is -0.446. The fourth-order valence-electron chi connectivity index (χ4n) is 2.60. The van der Waals surface area contributed by atoms with E-state index in [9.17, 15) is 9.59 Å². The summed E-state index contributed by atoms with van der Waals surface area (Å²) >= 11 is 3.37. The van der Waals surface area contributed by atoms with Gasteiger partial charge in [-0.3, -0.25) is 4.79 Å². The first-order valence-electron chi connectivity index (χ1n) is 8.18. The molecule has 5 nitrogen and oxygen atoms in total. The number of nitrogens with one attached hydrogen (secondary N) is 1. The van der Waals surface area contributed by atoms with Gasteiger partial charge < -0.3 is 14.8 Å². The Morgan fingerprint density at radius 2 is 1.62 bits per heavy atom. The smallest absolute Gasteiger partial charge is 0.344 e. The number of aryl methyl sites for hydroxylation is 4. The average Bonchev–Trinajstić information content (AvgIpc) is 2.55. The highest BCUT2D eigenvalue weighted by Crippen LogP contribution is 2.25. The number of hydrogen-bond acceptors (Lipinski definition) is 4. The molecule has 0 bridgehead atoms. The van der Waals surface area contributed by atoms with Gasteiger partial charge in [0.15, 0.2) is 13.2 Å². The summed E-state index contributed by atoms with van der Waals surface area (Å²) in [5.41, 5.74) is 4.88. The molecule has 2 aromatic rings. The van der Waals surface area contributed by atoms with Crippen LogP contribution in [0.3, 0.4) is 0 Å². The summed E-state index contributed by atoms with van der Waals surface area (Å²) in [6, 6.07) is 9.51. The third kappa shape index (κ3) is 5.59. The Kier molecular flexibility index (Phi) is 6.80. The van der Waals surface area contributed by atoms with Crippen molar-refractivity contribution in [1.29, 1.82) is 0 Å². The maximum absolute atomic E-state index is 12.0. The largest absolute Gasteiger partial charge is 0.481 e. The molecular formula is C20H22BrNO4. The lowest BCUT2D eigenvalue weighted by molar-refractivity contribution is -0.149. The van der Waals surface area contributed by atoms with Crippen LogP contribution < -0.4 is 10.1 Å². The van der Waals surface area contributed by atoms with Crippen LogP contribution in [0, 0.1) is 27.7 Å². The van der Waals surface area contributed by atoms with Crippen molar-refractivity contribution in [3.63, 3.8) is 0 Å². The molecule has 0 unspecified atom stereocenters. The van der Waals surface area contributed by atoms with Crippen LogP contribution in [0.4, 0.5) is 5.69 Å². The third-order valence-electron chi connectivity index (χ3n) is 3.74. The molecule has 1 N–H and O–H groups in total. The van der Waals surface area contributed by atoms with Gasteiger partial charge in [-0.15, -0.1) is 0 Å². The van der Waals surface area contributed by atoms with Gasteiger partial charge in [0.1, 0.15) is 5.75 Å². The molecule has 0 atom stereocenters. The first kappa shape index (κ1) is 20.0. The van der Waals surface area contributed by atoms with Gasteiger partial charge in [-0.1, -0.05) is 23.8 Å². The van der Waals surface area contributed by atoms with Crippen LogP contribution in [-0.2, 0) is 14.3 Å². The Morgan fingerprint density at radius 1 is 0.962 bits per heavy atom. The minimum Gasteiger partial charge on any atom is -0.481 e. The Bertz CT molecular complexity index is 810. The molecule has 0 aliphatic heterocycles. The van der Waals surface area contributed by atoms with Crippen molar-refractivity contribution in [2.45, 2.75) is 27.7 Å². The van der Waals surface area contributed by atoms with Crippen LogP contribution in [0.15, 0.2) is 34.8 Å². The van der Waals surface area contributed by atoms with E-state index in [0.717, 1.165) is 32.4 Å². The van der Waals surface area contributed by atoms with Crippen LogP contribution in [0.2, 0.25) is 0 Å². The van der Waals surface area contributed by atoms with E-state index in [1.54, 1.807) is 6.07 Å². The molecule has 0 aromatic heterocycles. The number of amides is 1. The zero-order valence-electron chi connectivity index (χ0n) is 15.3. The number of rotatable bonds is 6. The minimum atomic E-state index is -0.607. The molecular weight excluding hydrogens is 398 g/mol. The summed E-state index contributed by atoms with van der Waals surface area (Å²) in [6.45, 7) is 7.18. The van der Waals surface area contributed by atoms with Crippen LogP contribution >= 0.6 is 15.9 Å². The second-order valence-electron chi connectivity index (χ2n) is 6.21. The van der Waals surface area contributed by atoms with E-state index in [0.29, 0.717) is 5.75 Å². The highest BCUT2D eigenvalue weighted by Gasteiger charge is 2.12. The number of halogens is 1. The first-order valence-corrected chi connectivity index (χ1v) is 8.98. The summed E-state index contributed by atoms with van der Waals surface area (Å²) in [7, 11) is 0. The van der Waals surface area contributed by atoms with E-state index in [2.05, 4.69) is 21.2 Å². The van der Waals surface area contributed by atoms with E-state index >= 15 is 0 Å². The Morgan fingerprint density at radius 3 is 2.23 bits per heavy atom. The van der Waals surface area contributed by atoms with Gasteiger partial charge in [0.05, 0.1) is 4.47 Å². The predicted octanol–water partition coefficient (Wildman–Crippen LogP) is 4.24. The summed E-state index contributed by atoms with van der Waals surface area (Å²) < 4.78 is 11.1. The maximum Gasteiger partial charge on any atom is 0.344 e. The number of carbonyl (C=O) groups is 2. The fourth-order valence-corrected chi connectivity index (χ4v) is 3.21. The molecule has 0 spiro atoms. The number of anilines is 1. The van der Waals surface area contributed by atoms with Crippen LogP contribution in [-0.4, -0.2) is 25.1 Å². The van der Waals surface area contributed by atoms with Gasteiger partial charge in [-0.25, -0.2) is 4.79 Å². The lowest BCUT2D eigenvalue weighted by Crippen LogP contribution is -2.24. The fraction of sp³-hybridized carbons (Fsp3) is 0.300. The Balaban J connectivity index is 1.83. The van der Waals surface area contributed by atoms with Gasteiger partial charge in [-0.2, -0.15) is 0 Å². The summed E-state index contributed by atoms with van der Waals surface area (Å²) in [5, 5.41) is 2.79. The monoisotopic (exact) mass is 419 g/mol. The second-order valence-corrected chi connectivity index (χ2v) is 7.06. The summed E-state index contributed by atoms with van der Waals surface area (Å²) in [6.07, 6.45) is 0. The molecule has 0 saturated heterocycles. The van der Waals surface area contributed by atoms with Gasteiger partial charge in [-0.05, 0) is 72.4 Å². The zero-order valence-corrected chi connectivity index (χ0v) is 16.9. The maximum atomic E-state index is 12.0. The third-order valence-corrected chi connectivity index (χ3v) is 4.36. The number of benzene rings is 2. The molecule has 0 radical (unpaired) electrons. The van der Waals surface area contributed by atoms with Crippen molar-refractivity contribution >= 4 is 33.5 Å². The topological polar surface area (TPSA) is 64.6 Å². The van der Waals surface area contributed by atoms with Crippen molar-refractivity contribution in [3.8, 4) is 5.75 Å². The SMILES string of the molecule is Cc1cc(C)c(NC(=O)COC(=O)COc2ccc(C)cc2Br)c(C)c1. The average molecular weight is 420 g/mol. The van der Waals surface area contributed by atoms with Crippen molar-refractivity contribution < 1.29 is 19.1 Å². The van der Waals surface area contributed by atoms with Crippen LogP contribution in [0.1, 0.15) is 22.3 Å². The van der Waals surface area contributed by atoms with Crippen LogP contribution in [0.5, 0.6) is 5.75 Å². The lowest BCUT2D eigenvalue weighted by atomic mass is 10.1. The van der Waals surface area contributed by atoms with Crippen molar-refractivity contribution in [2.24, 2.45) is 0 Å². The zero-order chi connectivity index (χ0) is 19.3. The minimum absolute atomic E-state index is 0.266. The molecule has 6 heteroatoms. The van der Waals surface area contributed by atoms with Crippen LogP contribution in [0.25, 0.3) is 0 Å². The summed E-state index contributed by atoms with van der Waals surface area (Å²) in [4.78, 5) is 23.8. The van der Waals surface area contributed by atoms with E-state index < -0.39 is 5.97 Å². The highest BCUT2D eigenvalue weighted by atomic mass is 79.9. The second kappa shape index (κ2) is 8.85. The number of esters is 1. The Labute approximate surface area is 161 Å². The number of ether oxygens (including phenoxy) is 2. The molecule has 2 rings (SSSR count). The first-order chi connectivity index (χ1) is 12.3. The molecule has 0 fully saturated rings. The molecule has 26 heavy (non-hydrogen) atoms. The van der Waals surface area contributed by atoms with Crippen molar-refractivity contribution in [3.05, 3.63) is 57.1 Å². The van der Waals surface area contributed by atoms with Gasteiger partial charge in [0.25, 0.3) is 5.91 Å². The van der Waals surface area contributed by atoms with Gasteiger partial charge in [0, 0.05) is 5.69 Å². The molecule has 1 amide bonds. The molecule has 0 heterocycles. The van der Waals surface area contributed by atoms with Gasteiger partial charge >= 0.3 is 5.97 Å². The number of hydrogen-bond donors (Lipinski definition) is 1. The molecule has 0 aliphatic carbocycles. The molecule has 138 valence electrons. The molecule has 0 saturated carbocycles. The lowest BCUT2D eigenvalue weighted by Gasteiger charge is -2.13. The van der Waals surface area contributed by atoms with E-state index in [-0.39, 0.29) is 19.1 Å². The molecule has 0 aliphatic rings. The molecule has 2 aromatic carbocycles. The van der Waals surface area contributed by atoms with E-state index in [4.69, 9.17) is 9.47 Å². The predicted molar refractivity (Wildman–Crippen MR) is 105 cm³/mol.